The van der Waals surface area contributed by atoms with E-state index in [9.17, 15) is 9.59 Å². The third-order valence-corrected chi connectivity index (χ3v) is 5.50. The zero-order valence-corrected chi connectivity index (χ0v) is 17.1. The van der Waals surface area contributed by atoms with Crippen LogP contribution in [0.4, 0.5) is 5.00 Å². The average Bonchev–Trinajstić information content (AvgIpc) is 3.04. The zero-order chi connectivity index (χ0) is 20.1. The van der Waals surface area contributed by atoms with Crippen molar-refractivity contribution >= 4 is 28.2 Å². The Labute approximate surface area is 169 Å². The molecule has 3 aromatic rings. The fourth-order valence-corrected chi connectivity index (χ4v) is 4.11. The highest BCUT2D eigenvalue weighted by Gasteiger charge is 2.25. The molecule has 5 heteroatoms. The van der Waals surface area contributed by atoms with E-state index in [0.717, 1.165) is 22.4 Å². The number of aryl methyl sites for hydroxylation is 2. The van der Waals surface area contributed by atoms with Crippen molar-refractivity contribution in [3.8, 4) is 11.1 Å². The molecule has 4 nitrogen and oxygen atoms in total. The van der Waals surface area contributed by atoms with Gasteiger partial charge in [-0.15, -0.1) is 11.3 Å². The first-order valence-electron chi connectivity index (χ1n) is 9.31. The topological polar surface area (TPSA) is 55.4 Å². The number of hydrogen-bond acceptors (Lipinski definition) is 4. The van der Waals surface area contributed by atoms with Crippen molar-refractivity contribution in [3.05, 3.63) is 76.2 Å². The first-order valence-corrected chi connectivity index (χ1v) is 10.1. The van der Waals surface area contributed by atoms with Crippen LogP contribution in [0, 0.1) is 6.92 Å². The summed E-state index contributed by atoms with van der Waals surface area (Å²) in [5.41, 5.74) is 3.86. The number of carbonyl (C=O) groups excluding carboxylic acids is 2. The summed E-state index contributed by atoms with van der Waals surface area (Å²) >= 11 is 1.39. The molecule has 0 fully saturated rings. The molecule has 0 aliphatic carbocycles. The smallest absolute Gasteiger partial charge is 0.341 e. The lowest BCUT2D eigenvalue weighted by Crippen LogP contribution is -2.14. The molecular formula is C23H23NO3S. The van der Waals surface area contributed by atoms with Gasteiger partial charge in [0.05, 0.1) is 6.61 Å². The number of amides is 1. The molecule has 0 bridgehead atoms. The lowest BCUT2D eigenvalue weighted by Gasteiger charge is -2.09. The molecule has 0 saturated heterocycles. The second kappa shape index (κ2) is 8.85. The molecule has 0 unspecified atom stereocenters. The predicted molar refractivity (Wildman–Crippen MR) is 114 cm³/mol. The van der Waals surface area contributed by atoms with Gasteiger partial charge in [0.1, 0.15) is 10.6 Å². The van der Waals surface area contributed by atoms with E-state index < -0.39 is 5.97 Å². The number of hydrogen-bond donors (Lipinski definition) is 1. The minimum atomic E-state index is -0.428. The van der Waals surface area contributed by atoms with E-state index in [4.69, 9.17) is 4.74 Å². The maximum Gasteiger partial charge on any atom is 0.341 e. The van der Waals surface area contributed by atoms with Gasteiger partial charge in [0, 0.05) is 16.0 Å². The number of ether oxygens (including phenoxy) is 1. The number of esters is 1. The van der Waals surface area contributed by atoms with Crippen molar-refractivity contribution in [2.45, 2.75) is 27.2 Å². The molecule has 0 aliphatic rings. The molecule has 1 heterocycles. The lowest BCUT2D eigenvalue weighted by atomic mass is 10.0. The summed E-state index contributed by atoms with van der Waals surface area (Å²) in [6.07, 6.45) is 0.916. The van der Waals surface area contributed by atoms with Crippen LogP contribution in [0.25, 0.3) is 11.1 Å². The minimum absolute atomic E-state index is 0.242. The Balaban J connectivity index is 2.00. The largest absolute Gasteiger partial charge is 0.462 e. The van der Waals surface area contributed by atoms with Crippen molar-refractivity contribution in [1.29, 1.82) is 0 Å². The molecule has 0 spiro atoms. The van der Waals surface area contributed by atoms with Crippen molar-refractivity contribution in [2.75, 3.05) is 11.9 Å². The quantitative estimate of drug-likeness (QED) is 0.545. The van der Waals surface area contributed by atoms with Crippen molar-refractivity contribution in [2.24, 2.45) is 0 Å². The Bertz CT molecular complexity index is 975. The number of rotatable bonds is 6. The minimum Gasteiger partial charge on any atom is -0.462 e. The molecule has 0 saturated carbocycles. The average molecular weight is 394 g/mol. The maximum absolute atomic E-state index is 12.7. The van der Waals surface area contributed by atoms with Crippen LogP contribution in [0.2, 0.25) is 0 Å². The number of carbonyl (C=O) groups is 2. The Morgan fingerprint density at radius 1 is 1.00 bits per heavy atom. The Morgan fingerprint density at radius 3 is 2.29 bits per heavy atom. The highest BCUT2D eigenvalue weighted by atomic mass is 32.1. The van der Waals surface area contributed by atoms with Gasteiger partial charge >= 0.3 is 5.97 Å². The van der Waals surface area contributed by atoms with Crippen LogP contribution in [-0.4, -0.2) is 18.5 Å². The number of thiophene rings is 1. The van der Waals surface area contributed by atoms with Gasteiger partial charge in [-0.1, -0.05) is 49.4 Å². The highest BCUT2D eigenvalue weighted by molar-refractivity contribution is 7.17. The van der Waals surface area contributed by atoms with Gasteiger partial charge in [-0.2, -0.15) is 0 Å². The summed E-state index contributed by atoms with van der Waals surface area (Å²) in [6.45, 7) is 6.06. The van der Waals surface area contributed by atoms with Crippen LogP contribution in [0.5, 0.6) is 0 Å². The summed E-state index contributed by atoms with van der Waals surface area (Å²) in [7, 11) is 0. The van der Waals surface area contributed by atoms with E-state index in [1.807, 2.05) is 49.4 Å². The van der Waals surface area contributed by atoms with Crippen LogP contribution >= 0.6 is 11.3 Å². The Morgan fingerprint density at radius 2 is 1.68 bits per heavy atom. The van der Waals surface area contributed by atoms with Gasteiger partial charge in [0.15, 0.2) is 0 Å². The van der Waals surface area contributed by atoms with Crippen molar-refractivity contribution in [1.82, 2.24) is 0 Å². The summed E-state index contributed by atoms with van der Waals surface area (Å²) in [6, 6.07) is 17.2. The molecule has 144 valence electrons. The first-order chi connectivity index (χ1) is 13.5. The predicted octanol–water partition coefficient (Wildman–Crippen LogP) is 5.71. The van der Waals surface area contributed by atoms with Crippen LogP contribution in [-0.2, 0) is 11.2 Å². The number of nitrogens with one attached hydrogen (secondary N) is 1. The highest BCUT2D eigenvalue weighted by Crippen LogP contribution is 2.40. The van der Waals surface area contributed by atoms with Gasteiger partial charge in [-0.3, -0.25) is 4.79 Å². The lowest BCUT2D eigenvalue weighted by molar-refractivity contribution is 0.0529. The standard InChI is InChI=1S/C23H23NO3S/c1-4-16-11-13-18(14-12-16)21(25)24-22-20(23(26)27-5-2)19(15(3)28-22)17-9-7-6-8-10-17/h6-14H,4-5H2,1-3H3,(H,24,25). The van der Waals surface area contributed by atoms with Crippen molar-refractivity contribution < 1.29 is 14.3 Å². The van der Waals surface area contributed by atoms with Gasteiger partial charge in [0.25, 0.3) is 5.91 Å². The van der Waals surface area contributed by atoms with E-state index in [2.05, 4.69) is 12.2 Å². The molecule has 1 amide bonds. The fraction of sp³-hybridized carbons (Fsp3) is 0.217. The molecule has 3 rings (SSSR count). The fourth-order valence-electron chi connectivity index (χ4n) is 3.05. The molecule has 0 atom stereocenters. The summed E-state index contributed by atoms with van der Waals surface area (Å²) < 4.78 is 5.28. The summed E-state index contributed by atoms with van der Waals surface area (Å²) in [4.78, 5) is 26.4. The molecule has 28 heavy (non-hydrogen) atoms. The molecule has 0 aliphatic heterocycles. The summed E-state index contributed by atoms with van der Waals surface area (Å²) in [5, 5.41) is 3.43. The first kappa shape index (κ1) is 19.8. The third kappa shape index (κ3) is 4.15. The van der Waals surface area contributed by atoms with Gasteiger partial charge in [0.2, 0.25) is 0 Å². The van der Waals surface area contributed by atoms with Gasteiger partial charge in [-0.25, -0.2) is 4.79 Å². The van der Waals surface area contributed by atoms with Crippen LogP contribution in [0.3, 0.4) is 0 Å². The van der Waals surface area contributed by atoms with Gasteiger partial charge in [-0.05, 0) is 43.5 Å². The van der Waals surface area contributed by atoms with E-state index in [0.29, 0.717) is 16.1 Å². The van der Waals surface area contributed by atoms with E-state index in [1.54, 1.807) is 19.1 Å². The second-order valence-electron chi connectivity index (χ2n) is 6.33. The Kier molecular flexibility index (Phi) is 6.26. The number of benzene rings is 2. The normalized spacial score (nSPS) is 10.5. The van der Waals surface area contributed by atoms with Crippen LogP contribution in [0.1, 0.15) is 45.0 Å². The molecule has 1 N–H and O–H groups in total. The Hall–Kier alpha value is -2.92. The van der Waals surface area contributed by atoms with Crippen molar-refractivity contribution in [3.63, 3.8) is 0 Å². The third-order valence-electron chi connectivity index (χ3n) is 4.48. The van der Waals surface area contributed by atoms with E-state index in [1.165, 1.54) is 16.9 Å². The van der Waals surface area contributed by atoms with E-state index >= 15 is 0 Å². The van der Waals surface area contributed by atoms with Crippen LogP contribution in [0.15, 0.2) is 54.6 Å². The monoisotopic (exact) mass is 393 g/mol. The SMILES string of the molecule is CCOC(=O)c1c(NC(=O)c2ccc(CC)cc2)sc(C)c1-c1ccccc1. The zero-order valence-electron chi connectivity index (χ0n) is 16.2. The van der Waals surface area contributed by atoms with E-state index in [-0.39, 0.29) is 12.5 Å². The summed E-state index contributed by atoms with van der Waals surface area (Å²) in [5.74, 6) is -0.670. The molecule has 1 aromatic heterocycles. The molecule has 0 radical (unpaired) electrons. The molecule has 2 aromatic carbocycles. The van der Waals surface area contributed by atoms with Crippen LogP contribution < -0.4 is 5.32 Å². The number of anilines is 1. The van der Waals surface area contributed by atoms with Gasteiger partial charge < -0.3 is 10.1 Å². The molecular weight excluding hydrogens is 370 g/mol. The second-order valence-corrected chi connectivity index (χ2v) is 7.55. The maximum atomic E-state index is 12.7.